The van der Waals surface area contributed by atoms with Crippen molar-refractivity contribution < 1.29 is 0 Å². The molecule has 0 saturated heterocycles. The minimum atomic E-state index is 0.763. The highest BCUT2D eigenvalue weighted by atomic mass is 14.5. The molecule has 0 unspecified atom stereocenters. The van der Waals surface area contributed by atoms with Crippen LogP contribution < -0.4 is 5.73 Å². The Balaban J connectivity index is 2.50. The summed E-state index contributed by atoms with van der Waals surface area (Å²) < 4.78 is 0. The largest absolute Gasteiger partial charge is 0.399 e. The quantitative estimate of drug-likeness (QED) is 0.547. The Morgan fingerprint density at radius 1 is 0.933 bits per heavy atom. The van der Waals surface area contributed by atoms with Crippen LogP contribution in [-0.4, -0.2) is 0 Å². The van der Waals surface area contributed by atoms with Crippen LogP contribution in [0.4, 0.5) is 5.69 Å². The van der Waals surface area contributed by atoms with Crippen LogP contribution in [0.2, 0.25) is 0 Å². The average molecular weight is 193 g/mol. The van der Waals surface area contributed by atoms with Gasteiger partial charge in [0.2, 0.25) is 0 Å². The van der Waals surface area contributed by atoms with Crippen molar-refractivity contribution in [2.75, 3.05) is 5.73 Å². The third-order valence-electron chi connectivity index (χ3n) is 2.25. The molecule has 0 heterocycles. The molecule has 2 aromatic carbocycles. The summed E-state index contributed by atoms with van der Waals surface area (Å²) in [6, 6.07) is 15.6. The number of terminal acetylenes is 1. The van der Waals surface area contributed by atoms with Gasteiger partial charge in [0.1, 0.15) is 0 Å². The fourth-order valence-electron chi connectivity index (χ4n) is 1.51. The first-order valence-corrected chi connectivity index (χ1v) is 4.72. The summed E-state index contributed by atoms with van der Waals surface area (Å²) in [6.07, 6.45) is 5.35. The van der Waals surface area contributed by atoms with E-state index in [1.165, 1.54) is 0 Å². The summed E-state index contributed by atoms with van der Waals surface area (Å²) in [5.41, 5.74) is 9.56. The highest BCUT2D eigenvalue weighted by Crippen LogP contribution is 2.21. The summed E-state index contributed by atoms with van der Waals surface area (Å²) in [6.45, 7) is 0. The minimum absolute atomic E-state index is 0.763. The average Bonchev–Trinajstić information content (AvgIpc) is 2.29. The van der Waals surface area contributed by atoms with Crippen molar-refractivity contribution in [3.8, 4) is 23.5 Å². The zero-order chi connectivity index (χ0) is 10.7. The van der Waals surface area contributed by atoms with Crippen molar-refractivity contribution in [2.24, 2.45) is 0 Å². The van der Waals surface area contributed by atoms with E-state index in [2.05, 4.69) is 5.92 Å². The van der Waals surface area contributed by atoms with E-state index in [9.17, 15) is 0 Å². The molecule has 1 nitrogen and oxygen atoms in total. The van der Waals surface area contributed by atoms with E-state index in [1.807, 2.05) is 48.5 Å². The molecule has 72 valence electrons. The van der Waals surface area contributed by atoms with Crippen LogP contribution in [0, 0.1) is 12.3 Å². The van der Waals surface area contributed by atoms with Gasteiger partial charge in [-0.15, -0.1) is 6.42 Å². The highest BCUT2D eigenvalue weighted by molar-refractivity contribution is 5.68. The topological polar surface area (TPSA) is 26.0 Å². The first-order valence-electron chi connectivity index (χ1n) is 4.72. The molecule has 1 heteroatoms. The van der Waals surface area contributed by atoms with Gasteiger partial charge in [0.15, 0.2) is 0 Å². The maximum Gasteiger partial charge on any atom is 0.0320 e. The summed E-state index contributed by atoms with van der Waals surface area (Å²) >= 11 is 0. The standard InChI is InChI=1S/C14H11N/c1-2-11-5-3-6-12(9-11)13-7-4-8-14(15)10-13/h1,3-10H,15H2. The Morgan fingerprint density at radius 2 is 1.60 bits per heavy atom. The monoisotopic (exact) mass is 193 g/mol. The van der Waals surface area contributed by atoms with Crippen LogP contribution in [0.3, 0.4) is 0 Å². The van der Waals surface area contributed by atoms with E-state index in [0.29, 0.717) is 0 Å². The fourth-order valence-corrected chi connectivity index (χ4v) is 1.51. The number of rotatable bonds is 1. The van der Waals surface area contributed by atoms with E-state index in [-0.39, 0.29) is 0 Å². The molecule has 0 spiro atoms. The molecule has 0 fully saturated rings. The molecule has 2 rings (SSSR count). The van der Waals surface area contributed by atoms with Crippen LogP contribution in [0.5, 0.6) is 0 Å². The molecule has 0 radical (unpaired) electrons. The van der Waals surface area contributed by atoms with Crippen molar-refractivity contribution >= 4 is 5.69 Å². The minimum Gasteiger partial charge on any atom is -0.399 e. The third kappa shape index (κ3) is 2.00. The number of nitrogen functional groups attached to an aromatic ring is 1. The predicted molar refractivity (Wildman–Crippen MR) is 64.2 cm³/mol. The molecule has 15 heavy (non-hydrogen) atoms. The molecule has 2 N–H and O–H groups in total. The number of hydrogen-bond acceptors (Lipinski definition) is 1. The zero-order valence-corrected chi connectivity index (χ0v) is 8.27. The van der Waals surface area contributed by atoms with E-state index in [4.69, 9.17) is 12.2 Å². The normalized spacial score (nSPS) is 9.53. The van der Waals surface area contributed by atoms with E-state index in [1.54, 1.807) is 0 Å². The summed E-state index contributed by atoms with van der Waals surface area (Å²) in [4.78, 5) is 0. The fraction of sp³-hybridized carbons (Fsp3) is 0. The second-order valence-electron chi connectivity index (χ2n) is 3.35. The van der Waals surface area contributed by atoms with E-state index in [0.717, 1.165) is 22.4 Å². The highest BCUT2D eigenvalue weighted by Gasteiger charge is 1.98. The van der Waals surface area contributed by atoms with Crippen LogP contribution in [0.1, 0.15) is 5.56 Å². The van der Waals surface area contributed by atoms with Gasteiger partial charge in [-0.05, 0) is 35.4 Å². The van der Waals surface area contributed by atoms with Gasteiger partial charge in [0.05, 0.1) is 0 Å². The maximum atomic E-state index is 5.73. The van der Waals surface area contributed by atoms with Crippen LogP contribution in [0.15, 0.2) is 48.5 Å². The first-order chi connectivity index (χ1) is 7.29. The number of nitrogens with two attached hydrogens (primary N) is 1. The van der Waals surface area contributed by atoms with Crippen molar-refractivity contribution in [1.82, 2.24) is 0 Å². The Morgan fingerprint density at radius 3 is 2.27 bits per heavy atom. The van der Waals surface area contributed by atoms with Crippen molar-refractivity contribution in [1.29, 1.82) is 0 Å². The lowest BCUT2D eigenvalue weighted by atomic mass is 10.0. The molecule has 0 aliphatic carbocycles. The van der Waals surface area contributed by atoms with E-state index >= 15 is 0 Å². The molecule has 0 aliphatic rings. The second-order valence-corrected chi connectivity index (χ2v) is 3.35. The SMILES string of the molecule is C#Cc1cccc(-c2cccc(N)c2)c1. The van der Waals surface area contributed by atoms with Crippen molar-refractivity contribution in [2.45, 2.75) is 0 Å². The molecule has 0 aliphatic heterocycles. The summed E-state index contributed by atoms with van der Waals surface area (Å²) in [5, 5.41) is 0. The lowest BCUT2D eigenvalue weighted by Crippen LogP contribution is -1.85. The second kappa shape index (κ2) is 3.89. The lowest BCUT2D eigenvalue weighted by molar-refractivity contribution is 1.59. The van der Waals surface area contributed by atoms with Gasteiger partial charge in [0.25, 0.3) is 0 Å². The summed E-state index contributed by atoms with van der Waals surface area (Å²) in [7, 11) is 0. The number of hydrogen-bond donors (Lipinski definition) is 1. The molecular weight excluding hydrogens is 182 g/mol. The number of anilines is 1. The van der Waals surface area contributed by atoms with Crippen molar-refractivity contribution in [3.63, 3.8) is 0 Å². The lowest BCUT2D eigenvalue weighted by Gasteiger charge is -2.03. The molecule has 0 atom stereocenters. The molecule has 0 amide bonds. The number of benzene rings is 2. The maximum absolute atomic E-state index is 5.73. The molecule has 2 aromatic rings. The van der Waals surface area contributed by atoms with Gasteiger partial charge in [-0.2, -0.15) is 0 Å². The summed E-state index contributed by atoms with van der Waals surface area (Å²) in [5.74, 6) is 2.62. The Hall–Kier alpha value is -2.20. The van der Waals surface area contributed by atoms with Gasteiger partial charge < -0.3 is 5.73 Å². The molecular formula is C14H11N. The molecule has 0 bridgehead atoms. The smallest absolute Gasteiger partial charge is 0.0320 e. The molecule has 0 saturated carbocycles. The molecule has 0 aromatic heterocycles. The zero-order valence-electron chi connectivity index (χ0n) is 8.27. The third-order valence-corrected chi connectivity index (χ3v) is 2.25. The van der Waals surface area contributed by atoms with Gasteiger partial charge in [-0.25, -0.2) is 0 Å². The van der Waals surface area contributed by atoms with E-state index < -0.39 is 0 Å². The van der Waals surface area contributed by atoms with Gasteiger partial charge >= 0.3 is 0 Å². The Labute approximate surface area is 89.6 Å². The van der Waals surface area contributed by atoms with Gasteiger partial charge in [-0.1, -0.05) is 30.2 Å². The van der Waals surface area contributed by atoms with Crippen LogP contribution in [-0.2, 0) is 0 Å². The Kier molecular flexibility index (Phi) is 2.43. The van der Waals surface area contributed by atoms with Gasteiger partial charge in [0, 0.05) is 11.3 Å². The Bertz CT molecular complexity index is 521. The van der Waals surface area contributed by atoms with Gasteiger partial charge in [-0.3, -0.25) is 0 Å². The first kappa shape index (κ1) is 9.36. The van der Waals surface area contributed by atoms with Crippen LogP contribution >= 0.6 is 0 Å². The van der Waals surface area contributed by atoms with Crippen molar-refractivity contribution in [3.05, 3.63) is 54.1 Å². The van der Waals surface area contributed by atoms with Crippen LogP contribution in [0.25, 0.3) is 11.1 Å². The predicted octanol–water partition coefficient (Wildman–Crippen LogP) is 2.92.